The van der Waals surface area contributed by atoms with Crippen LogP contribution in [0.3, 0.4) is 0 Å². The highest BCUT2D eigenvalue weighted by atomic mass is 35.5. The van der Waals surface area contributed by atoms with Gasteiger partial charge < -0.3 is 19.8 Å². The fourth-order valence-electron chi connectivity index (χ4n) is 3.24. The van der Waals surface area contributed by atoms with Crippen LogP contribution in [-0.2, 0) is 9.59 Å². The molecular formula is C22H22ClNO5S. The SMILES string of the molecule is COc1ccccc1Sc1cc(O)c(C=CC(=O)N2CCC(C(=O)O)CC2)c(Cl)c1. The number of carbonyl (C=O) groups is 2. The molecule has 0 spiro atoms. The molecule has 8 heteroatoms. The number of ether oxygens (including phenoxy) is 1. The number of hydrogen-bond donors (Lipinski definition) is 2. The molecule has 1 aliphatic heterocycles. The predicted octanol–water partition coefficient (Wildman–Crippen LogP) is 4.54. The van der Waals surface area contributed by atoms with E-state index in [1.54, 1.807) is 24.1 Å². The number of piperidine rings is 1. The number of carbonyl (C=O) groups excluding carboxylic acids is 1. The predicted molar refractivity (Wildman–Crippen MR) is 116 cm³/mol. The van der Waals surface area contributed by atoms with Crippen molar-refractivity contribution in [1.29, 1.82) is 0 Å². The van der Waals surface area contributed by atoms with E-state index in [0.29, 0.717) is 36.5 Å². The van der Waals surface area contributed by atoms with Gasteiger partial charge in [0.2, 0.25) is 5.91 Å². The average molecular weight is 448 g/mol. The van der Waals surface area contributed by atoms with Gasteiger partial charge in [-0.1, -0.05) is 35.5 Å². The normalized spacial score (nSPS) is 14.8. The minimum absolute atomic E-state index is 0.0338. The van der Waals surface area contributed by atoms with Crippen molar-refractivity contribution in [3.8, 4) is 11.5 Å². The van der Waals surface area contributed by atoms with Crippen LogP contribution in [0.5, 0.6) is 11.5 Å². The molecule has 1 saturated heterocycles. The van der Waals surface area contributed by atoms with Crippen molar-refractivity contribution in [2.24, 2.45) is 5.92 Å². The minimum Gasteiger partial charge on any atom is -0.507 e. The van der Waals surface area contributed by atoms with Crippen LogP contribution in [0.4, 0.5) is 0 Å². The van der Waals surface area contributed by atoms with Gasteiger partial charge in [0.1, 0.15) is 11.5 Å². The number of phenols is 1. The molecule has 2 N–H and O–H groups in total. The molecular weight excluding hydrogens is 426 g/mol. The summed E-state index contributed by atoms with van der Waals surface area (Å²) in [4.78, 5) is 26.7. The zero-order valence-electron chi connectivity index (χ0n) is 16.4. The summed E-state index contributed by atoms with van der Waals surface area (Å²) in [6.45, 7) is 0.794. The summed E-state index contributed by atoms with van der Waals surface area (Å²) in [5.41, 5.74) is 0.356. The van der Waals surface area contributed by atoms with Crippen molar-refractivity contribution < 1.29 is 24.5 Å². The van der Waals surface area contributed by atoms with Crippen LogP contribution in [0.1, 0.15) is 18.4 Å². The first-order valence-corrected chi connectivity index (χ1v) is 10.6. The summed E-state index contributed by atoms with van der Waals surface area (Å²) in [5, 5.41) is 19.8. The van der Waals surface area contributed by atoms with Crippen LogP contribution < -0.4 is 4.74 Å². The Labute approximate surface area is 184 Å². The molecule has 1 amide bonds. The van der Waals surface area contributed by atoms with E-state index in [1.807, 2.05) is 24.3 Å². The standard InChI is InChI=1S/C22H22ClNO5S/c1-29-19-4-2-3-5-20(19)30-15-12-17(23)16(18(25)13-15)6-7-21(26)24-10-8-14(9-11-24)22(27)28/h2-7,12-14,25H,8-11H2,1H3,(H,27,28). The number of benzene rings is 2. The lowest BCUT2D eigenvalue weighted by Gasteiger charge is -2.29. The molecule has 0 radical (unpaired) electrons. The van der Waals surface area contributed by atoms with Crippen LogP contribution in [0, 0.1) is 5.92 Å². The number of para-hydroxylation sites is 1. The second-order valence-corrected chi connectivity index (χ2v) is 8.38. The molecule has 0 unspecified atom stereocenters. The molecule has 0 bridgehead atoms. The highest BCUT2D eigenvalue weighted by molar-refractivity contribution is 7.99. The van der Waals surface area contributed by atoms with E-state index in [1.165, 1.54) is 23.9 Å². The van der Waals surface area contributed by atoms with Crippen LogP contribution in [0.25, 0.3) is 6.08 Å². The van der Waals surface area contributed by atoms with E-state index in [0.717, 1.165) is 15.5 Å². The summed E-state index contributed by atoms with van der Waals surface area (Å²) < 4.78 is 5.34. The van der Waals surface area contributed by atoms with Crippen molar-refractivity contribution >= 4 is 41.3 Å². The third-order valence-corrected chi connectivity index (χ3v) is 6.27. The molecule has 0 aromatic heterocycles. The van der Waals surface area contributed by atoms with E-state index >= 15 is 0 Å². The summed E-state index contributed by atoms with van der Waals surface area (Å²) in [5.74, 6) is -0.764. The lowest BCUT2D eigenvalue weighted by molar-refractivity contribution is -0.144. The number of nitrogens with zero attached hydrogens (tertiary/aromatic N) is 1. The molecule has 6 nitrogen and oxygen atoms in total. The van der Waals surface area contributed by atoms with Crippen LogP contribution >= 0.6 is 23.4 Å². The van der Waals surface area contributed by atoms with Gasteiger partial charge in [0.25, 0.3) is 0 Å². The Bertz CT molecular complexity index is 947. The molecule has 30 heavy (non-hydrogen) atoms. The molecule has 158 valence electrons. The Morgan fingerprint density at radius 1 is 1.23 bits per heavy atom. The van der Waals surface area contributed by atoms with Gasteiger partial charge in [0, 0.05) is 29.6 Å². The molecule has 2 aromatic carbocycles. The zero-order valence-corrected chi connectivity index (χ0v) is 17.9. The molecule has 0 saturated carbocycles. The van der Waals surface area contributed by atoms with Crippen LogP contribution in [0.2, 0.25) is 5.02 Å². The van der Waals surface area contributed by atoms with Gasteiger partial charge >= 0.3 is 5.97 Å². The fourth-order valence-corrected chi connectivity index (χ4v) is 4.58. The van der Waals surface area contributed by atoms with Gasteiger partial charge in [-0.3, -0.25) is 9.59 Å². The summed E-state index contributed by atoms with van der Waals surface area (Å²) in [6.07, 6.45) is 3.72. The van der Waals surface area contributed by atoms with Crippen LogP contribution in [0.15, 0.2) is 52.3 Å². The van der Waals surface area contributed by atoms with Gasteiger partial charge in [0.05, 0.1) is 22.9 Å². The largest absolute Gasteiger partial charge is 0.507 e. The Hall–Kier alpha value is -2.64. The number of methoxy groups -OCH3 is 1. The summed E-state index contributed by atoms with van der Waals surface area (Å²) >= 11 is 7.76. The molecule has 3 rings (SSSR count). The number of likely N-dealkylation sites (tertiary alicyclic amines) is 1. The minimum atomic E-state index is -0.819. The fraction of sp³-hybridized carbons (Fsp3) is 0.273. The number of carboxylic acids is 1. The highest BCUT2D eigenvalue weighted by Gasteiger charge is 2.26. The number of hydrogen-bond acceptors (Lipinski definition) is 5. The maximum Gasteiger partial charge on any atom is 0.306 e. The number of carboxylic acid groups (broad SMARTS) is 1. The lowest BCUT2D eigenvalue weighted by atomic mass is 9.97. The van der Waals surface area contributed by atoms with E-state index in [4.69, 9.17) is 21.4 Å². The first-order valence-electron chi connectivity index (χ1n) is 9.42. The average Bonchev–Trinajstić information content (AvgIpc) is 2.73. The third-order valence-electron chi connectivity index (χ3n) is 4.93. The van der Waals surface area contributed by atoms with Crippen molar-refractivity contribution in [2.75, 3.05) is 20.2 Å². The zero-order chi connectivity index (χ0) is 21.7. The van der Waals surface area contributed by atoms with E-state index in [-0.39, 0.29) is 11.7 Å². The monoisotopic (exact) mass is 447 g/mol. The van der Waals surface area contributed by atoms with Crippen molar-refractivity contribution in [1.82, 2.24) is 4.90 Å². The molecule has 1 fully saturated rings. The number of rotatable bonds is 6. The van der Waals surface area contributed by atoms with Gasteiger partial charge in [-0.15, -0.1) is 0 Å². The second kappa shape index (κ2) is 9.91. The lowest BCUT2D eigenvalue weighted by Crippen LogP contribution is -2.39. The van der Waals surface area contributed by atoms with Gasteiger partial charge in [-0.2, -0.15) is 0 Å². The first-order chi connectivity index (χ1) is 14.4. The number of aromatic hydroxyl groups is 1. The van der Waals surface area contributed by atoms with Crippen molar-refractivity contribution in [2.45, 2.75) is 22.6 Å². The van der Waals surface area contributed by atoms with E-state index in [9.17, 15) is 14.7 Å². The van der Waals surface area contributed by atoms with Crippen LogP contribution in [-0.4, -0.2) is 47.2 Å². The smallest absolute Gasteiger partial charge is 0.306 e. The number of phenolic OH excluding ortho intramolecular Hbond substituents is 1. The topological polar surface area (TPSA) is 87.1 Å². The molecule has 1 aliphatic rings. The quantitative estimate of drug-likeness (QED) is 0.632. The Morgan fingerprint density at radius 2 is 1.93 bits per heavy atom. The Morgan fingerprint density at radius 3 is 2.57 bits per heavy atom. The number of aliphatic carboxylic acids is 1. The maximum absolute atomic E-state index is 12.4. The van der Waals surface area contributed by atoms with Crippen molar-refractivity contribution in [3.05, 3.63) is 53.1 Å². The van der Waals surface area contributed by atoms with Gasteiger partial charge in [-0.05, 0) is 43.2 Å². The second-order valence-electron chi connectivity index (χ2n) is 6.86. The Kier molecular flexibility index (Phi) is 7.29. The van der Waals surface area contributed by atoms with E-state index < -0.39 is 11.9 Å². The van der Waals surface area contributed by atoms with E-state index in [2.05, 4.69) is 0 Å². The number of amides is 1. The Balaban J connectivity index is 1.70. The molecule has 0 aliphatic carbocycles. The number of halogens is 1. The van der Waals surface area contributed by atoms with Crippen molar-refractivity contribution in [3.63, 3.8) is 0 Å². The van der Waals surface area contributed by atoms with Gasteiger partial charge in [-0.25, -0.2) is 0 Å². The van der Waals surface area contributed by atoms with Gasteiger partial charge in [0.15, 0.2) is 0 Å². The first kappa shape index (κ1) is 22.1. The molecule has 0 atom stereocenters. The third kappa shape index (κ3) is 5.29. The summed E-state index contributed by atoms with van der Waals surface area (Å²) in [6, 6.07) is 10.9. The summed E-state index contributed by atoms with van der Waals surface area (Å²) in [7, 11) is 1.60. The maximum atomic E-state index is 12.4. The molecule has 1 heterocycles. The highest BCUT2D eigenvalue weighted by Crippen LogP contribution is 2.39. The molecule has 2 aromatic rings.